The number of aromatic nitrogens is 2. The number of carbonyl (C=O) groups excluding carboxylic acids is 1. The minimum atomic E-state index is -0.0336. The maximum Gasteiger partial charge on any atom is 0.274 e. The lowest BCUT2D eigenvalue weighted by molar-refractivity contribution is 0.0715. The fraction of sp³-hybridized carbons (Fsp3) is 0.583. The van der Waals surface area contributed by atoms with Gasteiger partial charge in [0.1, 0.15) is 5.82 Å². The Morgan fingerprint density at radius 3 is 2.65 bits per heavy atom. The van der Waals surface area contributed by atoms with Crippen LogP contribution in [0.1, 0.15) is 37.2 Å². The lowest BCUT2D eigenvalue weighted by Crippen LogP contribution is -2.36. The van der Waals surface area contributed by atoms with Crippen molar-refractivity contribution in [1.29, 1.82) is 0 Å². The van der Waals surface area contributed by atoms with Gasteiger partial charge < -0.3 is 10.6 Å². The van der Waals surface area contributed by atoms with E-state index in [1.165, 1.54) is 0 Å². The molecule has 1 heterocycles. The molecular weight excluding hydrogens is 216 g/mol. The van der Waals surface area contributed by atoms with Crippen LogP contribution in [0.15, 0.2) is 12.1 Å². The van der Waals surface area contributed by atoms with Crippen LogP contribution in [0.4, 0.5) is 5.82 Å². The van der Waals surface area contributed by atoms with Gasteiger partial charge in [-0.2, -0.15) is 0 Å². The van der Waals surface area contributed by atoms with Crippen molar-refractivity contribution in [2.45, 2.75) is 32.7 Å². The highest BCUT2D eigenvalue weighted by Gasteiger charge is 2.33. The lowest BCUT2D eigenvalue weighted by Gasteiger charge is -2.23. The Labute approximate surface area is 101 Å². The van der Waals surface area contributed by atoms with E-state index in [0.717, 1.165) is 19.4 Å². The maximum atomic E-state index is 12.3. The molecule has 1 aliphatic carbocycles. The molecule has 17 heavy (non-hydrogen) atoms. The molecule has 2 N–H and O–H groups in total. The van der Waals surface area contributed by atoms with Crippen molar-refractivity contribution < 1.29 is 4.79 Å². The zero-order chi connectivity index (χ0) is 12.4. The highest BCUT2D eigenvalue weighted by Crippen LogP contribution is 2.28. The normalized spacial score (nSPS) is 15.0. The van der Waals surface area contributed by atoms with Crippen LogP contribution in [0.25, 0.3) is 0 Å². The summed E-state index contributed by atoms with van der Waals surface area (Å²) in [7, 11) is 0. The smallest absolute Gasteiger partial charge is 0.274 e. The van der Waals surface area contributed by atoms with Gasteiger partial charge in [-0.15, -0.1) is 10.2 Å². The Hall–Kier alpha value is -1.65. The van der Waals surface area contributed by atoms with Gasteiger partial charge in [-0.1, -0.05) is 13.8 Å². The van der Waals surface area contributed by atoms with Gasteiger partial charge >= 0.3 is 0 Å². The van der Waals surface area contributed by atoms with E-state index >= 15 is 0 Å². The molecule has 0 aliphatic heterocycles. The van der Waals surface area contributed by atoms with E-state index in [2.05, 4.69) is 24.0 Å². The second-order valence-electron chi connectivity index (χ2n) is 4.93. The van der Waals surface area contributed by atoms with Crippen LogP contribution in [0.5, 0.6) is 0 Å². The third-order valence-electron chi connectivity index (χ3n) is 2.71. The fourth-order valence-corrected chi connectivity index (χ4v) is 1.78. The molecule has 1 fully saturated rings. The van der Waals surface area contributed by atoms with E-state index in [-0.39, 0.29) is 5.91 Å². The van der Waals surface area contributed by atoms with Crippen molar-refractivity contribution in [3.63, 3.8) is 0 Å². The van der Waals surface area contributed by atoms with Gasteiger partial charge in [0.15, 0.2) is 5.69 Å². The van der Waals surface area contributed by atoms with E-state index in [1.54, 1.807) is 12.1 Å². The zero-order valence-electron chi connectivity index (χ0n) is 10.3. The molecule has 92 valence electrons. The number of amides is 1. The first-order valence-corrected chi connectivity index (χ1v) is 5.98. The first kappa shape index (κ1) is 11.8. The zero-order valence-corrected chi connectivity index (χ0v) is 10.3. The van der Waals surface area contributed by atoms with E-state index in [4.69, 9.17) is 5.73 Å². The van der Waals surface area contributed by atoms with Gasteiger partial charge in [0.25, 0.3) is 5.91 Å². The topological polar surface area (TPSA) is 72.1 Å². The number of nitrogens with zero attached hydrogens (tertiary/aromatic N) is 3. The molecule has 5 nitrogen and oxygen atoms in total. The molecule has 2 rings (SSSR count). The standard InChI is InChI=1S/C12H18N4O/c1-8(2)7-16(9-3-4-9)12(17)10-5-6-11(13)15-14-10/h5-6,8-9H,3-4,7H2,1-2H3,(H2,13,15). The van der Waals surface area contributed by atoms with Gasteiger partial charge in [-0.3, -0.25) is 4.79 Å². The number of anilines is 1. The fourth-order valence-electron chi connectivity index (χ4n) is 1.78. The Morgan fingerprint density at radius 2 is 2.18 bits per heavy atom. The Morgan fingerprint density at radius 1 is 1.47 bits per heavy atom. The van der Waals surface area contributed by atoms with E-state index < -0.39 is 0 Å². The molecule has 1 aromatic heterocycles. The summed E-state index contributed by atoms with van der Waals surface area (Å²) >= 11 is 0. The van der Waals surface area contributed by atoms with Gasteiger partial charge in [0.2, 0.25) is 0 Å². The Balaban J connectivity index is 2.12. The van der Waals surface area contributed by atoms with Crippen LogP contribution in [0, 0.1) is 5.92 Å². The van der Waals surface area contributed by atoms with Crippen molar-refractivity contribution in [3.05, 3.63) is 17.8 Å². The lowest BCUT2D eigenvalue weighted by atomic mass is 10.2. The minimum absolute atomic E-state index is 0.0336. The number of nitrogens with two attached hydrogens (primary N) is 1. The molecule has 1 aliphatic rings. The average molecular weight is 234 g/mol. The van der Waals surface area contributed by atoms with Gasteiger partial charge in [-0.05, 0) is 30.9 Å². The van der Waals surface area contributed by atoms with Crippen LogP contribution in [-0.2, 0) is 0 Å². The summed E-state index contributed by atoms with van der Waals surface area (Å²) in [5.41, 5.74) is 5.84. The summed E-state index contributed by atoms with van der Waals surface area (Å²) in [6, 6.07) is 3.64. The first-order chi connectivity index (χ1) is 8.08. The second-order valence-corrected chi connectivity index (χ2v) is 4.93. The second kappa shape index (κ2) is 4.69. The van der Waals surface area contributed by atoms with Crippen LogP contribution >= 0.6 is 0 Å². The molecule has 1 aromatic rings. The highest BCUT2D eigenvalue weighted by molar-refractivity contribution is 5.92. The van der Waals surface area contributed by atoms with Gasteiger partial charge in [0, 0.05) is 12.6 Å². The summed E-state index contributed by atoms with van der Waals surface area (Å²) in [6.07, 6.45) is 2.20. The van der Waals surface area contributed by atoms with Crippen LogP contribution < -0.4 is 5.73 Å². The Bertz CT molecular complexity index is 397. The van der Waals surface area contributed by atoms with Crippen molar-refractivity contribution in [2.75, 3.05) is 12.3 Å². The molecule has 0 spiro atoms. The van der Waals surface area contributed by atoms with Crippen LogP contribution in [0.2, 0.25) is 0 Å². The molecule has 0 aromatic carbocycles. The molecule has 0 atom stereocenters. The maximum absolute atomic E-state index is 12.3. The summed E-state index contributed by atoms with van der Waals surface area (Å²) in [5, 5.41) is 7.57. The molecule has 0 saturated heterocycles. The first-order valence-electron chi connectivity index (χ1n) is 5.98. The molecule has 0 unspecified atom stereocenters. The monoisotopic (exact) mass is 234 g/mol. The summed E-state index contributed by atoms with van der Waals surface area (Å²) < 4.78 is 0. The summed E-state index contributed by atoms with van der Waals surface area (Å²) in [5.74, 6) is 0.762. The van der Waals surface area contributed by atoms with Crippen LogP contribution in [-0.4, -0.2) is 33.6 Å². The third kappa shape index (κ3) is 2.93. The summed E-state index contributed by atoms with van der Waals surface area (Å²) in [6.45, 7) is 4.99. The van der Waals surface area contributed by atoms with Crippen molar-refractivity contribution in [1.82, 2.24) is 15.1 Å². The number of hydrogen-bond acceptors (Lipinski definition) is 4. The quantitative estimate of drug-likeness (QED) is 0.852. The molecule has 0 radical (unpaired) electrons. The van der Waals surface area contributed by atoms with Gasteiger partial charge in [0.05, 0.1) is 0 Å². The molecular formula is C12H18N4O. The minimum Gasteiger partial charge on any atom is -0.382 e. The molecule has 5 heteroatoms. The number of carbonyl (C=O) groups is 1. The predicted molar refractivity (Wildman–Crippen MR) is 65.3 cm³/mol. The SMILES string of the molecule is CC(C)CN(C(=O)c1ccc(N)nn1)C1CC1. The molecule has 1 amide bonds. The average Bonchev–Trinajstić information content (AvgIpc) is 3.09. The van der Waals surface area contributed by atoms with E-state index in [9.17, 15) is 4.79 Å². The van der Waals surface area contributed by atoms with Crippen molar-refractivity contribution in [3.8, 4) is 0 Å². The number of rotatable bonds is 4. The number of nitrogen functional groups attached to an aromatic ring is 1. The number of hydrogen-bond donors (Lipinski definition) is 1. The highest BCUT2D eigenvalue weighted by atomic mass is 16.2. The van der Waals surface area contributed by atoms with Gasteiger partial charge in [-0.25, -0.2) is 0 Å². The third-order valence-corrected chi connectivity index (χ3v) is 2.71. The van der Waals surface area contributed by atoms with E-state index in [1.807, 2.05) is 4.90 Å². The van der Waals surface area contributed by atoms with Crippen molar-refractivity contribution >= 4 is 11.7 Å². The molecule has 0 bridgehead atoms. The van der Waals surface area contributed by atoms with Crippen molar-refractivity contribution in [2.24, 2.45) is 5.92 Å². The summed E-state index contributed by atoms with van der Waals surface area (Å²) in [4.78, 5) is 14.2. The largest absolute Gasteiger partial charge is 0.382 e. The molecule has 1 saturated carbocycles. The Kier molecular flexibility index (Phi) is 3.26. The van der Waals surface area contributed by atoms with Crippen LogP contribution in [0.3, 0.4) is 0 Å². The predicted octanol–water partition coefficient (Wildman–Crippen LogP) is 1.32. The van der Waals surface area contributed by atoms with E-state index in [0.29, 0.717) is 23.5 Å².